The van der Waals surface area contributed by atoms with E-state index in [0.717, 1.165) is 46.0 Å². The Morgan fingerprint density at radius 1 is 0.931 bits per heavy atom. The third-order valence-corrected chi connectivity index (χ3v) is 5.65. The van der Waals surface area contributed by atoms with E-state index in [-0.39, 0.29) is 5.82 Å². The van der Waals surface area contributed by atoms with Crippen LogP contribution in [0.3, 0.4) is 0 Å². The Balaban J connectivity index is 1.50. The topological polar surface area (TPSA) is 32.8 Å². The lowest BCUT2D eigenvalue weighted by Gasteiger charge is -2.09. The third kappa shape index (κ3) is 4.47. The monoisotopic (exact) mass is 391 g/mol. The minimum atomic E-state index is -0.209. The van der Waals surface area contributed by atoms with Crippen LogP contribution in [0, 0.1) is 5.82 Å². The molecule has 0 bridgehead atoms. The van der Waals surface area contributed by atoms with Crippen LogP contribution in [0.15, 0.2) is 54.7 Å². The first-order chi connectivity index (χ1) is 14.3. The number of aromatic nitrogens is 2. The Labute approximate surface area is 171 Å². The van der Waals surface area contributed by atoms with Crippen LogP contribution in [0.4, 0.5) is 4.39 Å². The van der Waals surface area contributed by atoms with Crippen LogP contribution in [0.1, 0.15) is 51.9 Å². The zero-order chi connectivity index (χ0) is 20.1. The van der Waals surface area contributed by atoms with Gasteiger partial charge >= 0.3 is 0 Å². The maximum absolute atomic E-state index is 14.0. The van der Waals surface area contributed by atoms with E-state index < -0.39 is 0 Å². The Morgan fingerprint density at radius 2 is 1.72 bits per heavy atom. The number of unbranched alkanes of at least 4 members (excludes halogenated alkanes) is 6. The summed E-state index contributed by atoms with van der Waals surface area (Å²) in [5, 5.41) is 2.08. The van der Waals surface area contributed by atoms with Gasteiger partial charge in [0.05, 0.1) is 5.52 Å². The lowest BCUT2D eigenvalue weighted by Crippen LogP contribution is -2.14. The van der Waals surface area contributed by atoms with E-state index in [1.807, 2.05) is 22.9 Å². The first kappa shape index (κ1) is 19.6. The Kier molecular flexibility index (Phi) is 6.18. The summed E-state index contributed by atoms with van der Waals surface area (Å²) in [4.78, 5) is 3.47. The Bertz CT molecular complexity index is 1040. The average Bonchev–Trinajstić information content (AvgIpc) is 3.31. The molecule has 0 aliphatic rings. The van der Waals surface area contributed by atoms with Gasteiger partial charge in [-0.1, -0.05) is 63.6 Å². The minimum Gasteiger partial charge on any atom is -0.354 e. The van der Waals surface area contributed by atoms with Gasteiger partial charge in [0.15, 0.2) is 0 Å². The van der Waals surface area contributed by atoms with Crippen molar-refractivity contribution in [3.8, 4) is 11.3 Å². The standard InChI is InChI=1S/C25H30FN3/c1-2-3-4-5-6-7-10-15-27-29-18-22(21-17-20(26)13-14-25(21)29)24-16-19-11-8-9-12-23(19)28-24/h8-9,11-14,16-18,27-28H,2-7,10,15H2,1H3. The molecule has 0 amide bonds. The molecule has 2 N–H and O–H groups in total. The van der Waals surface area contributed by atoms with E-state index in [2.05, 4.69) is 41.7 Å². The molecule has 0 aliphatic carbocycles. The average molecular weight is 392 g/mol. The predicted octanol–water partition coefficient (Wildman–Crippen LogP) is 7.22. The van der Waals surface area contributed by atoms with Crippen LogP contribution in [0.2, 0.25) is 0 Å². The summed E-state index contributed by atoms with van der Waals surface area (Å²) < 4.78 is 16.0. The number of hydrogen-bond donors (Lipinski definition) is 2. The number of rotatable bonds is 10. The third-order valence-electron chi connectivity index (χ3n) is 5.65. The van der Waals surface area contributed by atoms with Gasteiger partial charge in [0, 0.05) is 40.3 Å². The molecule has 4 aromatic rings. The number of nitrogens with zero attached hydrogens (tertiary/aromatic N) is 1. The highest BCUT2D eigenvalue weighted by Gasteiger charge is 2.13. The zero-order valence-electron chi connectivity index (χ0n) is 17.2. The highest BCUT2D eigenvalue weighted by atomic mass is 19.1. The number of benzene rings is 2. The number of halogens is 1. The van der Waals surface area contributed by atoms with Gasteiger partial charge in [-0.05, 0) is 36.8 Å². The van der Waals surface area contributed by atoms with Crippen molar-refractivity contribution in [2.24, 2.45) is 0 Å². The summed E-state index contributed by atoms with van der Waals surface area (Å²) in [6, 6.07) is 15.4. The van der Waals surface area contributed by atoms with Crippen LogP contribution in [-0.4, -0.2) is 16.2 Å². The molecule has 152 valence electrons. The van der Waals surface area contributed by atoms with Gasteiger partial charge in [0.25, 0.3) is 0 Å². The summed E-state index contributed by atoms with van der Waals surface area (Å²) >= 11 is 0. The van der Waals surface area contributed by atoms with Crippen LogP contribution in [0.25, 0.3) is 33.1 Å². The molecule has 29 heavy (non-hydrogen) atoms. The van der Waals surface area contributed by atoms with Crippen LogP contribution < -0.4 is 5.43 Å². The van der Waals surface area contributed by atoms with Gasteiger partial charge in [-0.15, -0.1) is 0 Å². The van der Waals surface area contributed by atoms with Crippen molar-refractivity contribution in [3.63, 3.8) is 0 Å². The van der Waals surface area contributed by atoms with Crippen LogP contribution in [0.5, 0.6) is 0 Å². The molecular weight excluding hydrogens is 361 g/mol. The predicted molar refractivity (Wildman–Crippen MR) is 121 cm³/mol. The molecule has 0 unspecified atom stereocenters. The van der Waals surface area contributed by atoms with Crippen LogP contribution >= 0.6 is 0 Å². The first-order valence-electron chi connectivity index (χ1n) is 10.9. The summed E-state index contributed by atoms with van der Waals surface area (Å²) in [5.74, 6) is -0.209. The fourth-order valence-electron chi connectivity index (χ4n) is 4.05. The molecule has 0 fully saturated rings. The van der Waals surface area contributed by atoms with Crippen LogP contribution in [-0.2, 0) is 0 Å². The maximum Gasteiger partial charge on any atom is 0.123 e. The molecule has 0 spiro atoms. The minimum absolute atomic E-state index is 0.209. The normalized spacial score (nSPS) is 11.5. The second-order valence-electron chi connectivity index (χ2n) is 7.87. The molecule has 0 aliphatic heterocycles. The largest absolute Gasteiger partial charge is 0.354 e. The molecule has 0 saturated carbocycles. The summed E-state index contributed by atoms with van der Waals surface area (Å²) in [7, 11) is 0. The SMILES string of the molecule is CCCCCCCCCNn1cc(-c2cc3ccccc3[nH]2)c2cc(F)ccc21. The van der Waals surface area contributed by atoms with Crippen molar-refractivity contribution >= 4 is 21.8 Å². The molecule has 3 nitrogen and oxygen atoms in total. The number of hydrogen-bond acceptors (Lipinski definition) is 1. The van der Waals surface area contributed by atoms with E-state index in [0.29, 0.717) is 0 Å². The number of para-hydroxylation sites is 1. The van der Waals surface area contributed by atoms with Gasteiger partial charge in [-0.2, -0.15) is 0 Å². The van der Waals surface area contributed by atoms with Gasteiger partial charge in [0.1, 0.15) is 5.82 Å². The van der Waals surface area contributed by atoms with Gasteiger partial charge in [0.2, 0.25) is 0 Å². The highest BCUT2D eigenvalue weighted by Crippen LogP contribution is 2.32. The van der Waals surface area contributed by atoms with Gasteiger partial charge in [-0.3, -0.25) is 4.68 Å². The van der Waals surface area contributed by atoms with E-state index in [1.54, 1.807) is 6.07 Å². The van der Waals surface area contributed by atoms with Crippen molar-refractivity contribution in [1.29, 1.82) is 0 Å². The van der Waals surface area contributed by atoms with Gasteiger partial charge < -0.3 is 10.4 Å². The van der Waals surface area contributed by atoms with Crippen molar-refractivity contribution in [1.82, 2.24) is 9.66 Å². The van der Waals surface area contributed by atoms with E-state index >= 15 is 0 Å². The number of H-pyrrole nitrogens is 1. The number of fused-ring (bicyclic) bond motifs is 2. The quantitative estimate of drug-likeness (QED) is 0.275. The lowest BCUT2D eigenvalue weighted by atomic mass is 10.1. The fourth-order valence-corrected chi connectivity index (χ4v) is 4.05. The summed E-state index contributed by atoms with van der Waals surface area (Å²) in [6.07, 6.45) is 11.1. The Hall–Kier alpha value is -2.75. The van der Waals surface area contributed by atoms with Crippen molar-refractivity contribution in [2.45, 2.75) is 51.9 Å². The number of aromatic amines is 1. The maximum atomic E-state index is 14.0. The first-order valence-corrected chi connectivity index (χ1v) is 10.9. The summed E-state index contributed by atoms with van der Waals surface area (Å²) in [5.41, 5.74) is 7.64. The number of nitrogens with one attached hydrogen (secondary N) is 2. The zero-order valence-corrected chi connectivity index (χ0v) is 17.2. The highest BCUT2D eigenvalue weighted by molar-refractivity contribution is 5.98. The molecule has 0 saturated heterocycles. The van der Waals surface area contributed by atoms with Crippen molar-refractivity contribution < 1.29 is 4.39 Å². The van der Waals surface area contributed by atoms with Crippen molar-refractivity contribution in [2.75, 3.05) is 12.0 Å². The second-order valence-corrected chi connectivity index (χ2v) is 7.87. The molecule has 0 atom stereocenters. The molecule has 2 heterocycles. The van der Waals surface area contributed by atoms with E-state index in [9.17, 15) is 4.39 Å². The van der Waals surface area contributed by atoms with E-state index in [1.165, 1.54) is 44.6 Å². The smallest absolute Gasteiger partial charge is 0.123 e. The second kappa shape index (κ2) is 9.17. The molecule has 2 aromatic carbocycles. The summed E-state index contributed by atoms with van der Waals surface area (Å²) in [6.45, 7) is 3.17. The van der Waals surface area contributed by atoms with E-state index in [4.69, 9.17) is 0 Å². The molecular formula is C25H30FN3. The molecule has 2 aromatic heterocycles. The lowest BCUT2D eigenvalue weighted by molar-refractivity contribution is 0.591. The fraction of sp³-hybridized carbons (Fsp3) is 0.360. The Morgan fingerprint density at radius 3 is 2.55 bits per heavy atom. The molecule has 4 heteroatoms. The van der Waals surface area contributed by atoms with Gasteiger partial charge in [-0.25, -0.2) is 4.39 Å². The molecule has 4 rings (SSSR count). The van der Waals surface area contributed by atoms with Crippen molar-refractivity contribution in [3.05, 3.63) is 60.5 Å². The molecule has 0 radical (unpaired) electrons.